The molecule has 2 aliphatic heterocycles. The highest BCUT2D eigenvalue weighted by Gasteiger charge is 2.51. The first-order valence-electron chi connectivity index (χ1n) is 10.6. The van der Waals surface area contributed by atoms with Crippen LogP contribution in [0.4, 0.5) is 0 Å². The van der Waals surface area contributed by atoms with Gasteiger partial charge in [0.05, 0.1) is 24.1 Å². The van der Waals surface area contributed by atoms with Gasteiger partial charge in [-0.2, -0.15) is 0 Å². The number of carbonyl (C=O) groups excluding carboxylic acids is 2. The number of hydrogen-bond donors (Lipinski definition) is 0. The Bertz CT molecular complexity index is 832. The van der Waals surface area contributed by atoms with E-state index in [1.54, 1.807) is 4.90 Å². The minimum Gasteiger partial charge on any atom is -0.494 e. The predicted molar refractivity (Wildman–Crippen MR) is 109 cm³/mol. The van der Waals surface area contributed by atoms with Crippen LogP contribution in [0.15, 0.2) is 35.6 Å². The van der Waals surface area contributed by atoms with Crippen molar-refractivity contribution in [2.45, 2.75) is 44.8 Å². The van der Waals surface area contributed by atoms with Crippen LogP contribution < -0.4 is 4.74 Å². The van der Waals surface area contributed by atoms with Gasteiger partial charge in [-0.05, 0) is 58.0 Å². The third-order valence-corrected chi connectivity index (χ3v) is 6.13. The smallest absolute Gasteiger partial charge is 0.290 e. The molecule has 0 bridgehead atoms. The fourth-order valence-electron chi connectivity index (χ4n) is 4.72. The minimum absolute atomic E-state index is 0.100. The predicted octanol–water partition coefficient (Wildman–Crippen LogP) is 2.94. The van der Waals surface area contributed by atoms with Crippen LogP contribution in [0.5, 0.6) is 5.75 Å². The van der Waals surface area contributed by atoms with Crippen LogP contribution in [-0.2, 0) is 14.3 Å². The molecule has 1 aromatic rings. The average Bonchev–Trinajstić information content (AvgIpc) is 2.99. The van der Waals surface area contributed by atoms with Gasteiger partial charge in [-0.15, -0.1) is 0 Å². The molecule has 0 radical (unpaired) electrons. The first-order valence-corrected chi connectivity index (χ1v) is 10.6. The van der Waals surface area contributed by atoms with E-state index < -0.39 is 6.04 Å². The first kappa shape index (κ1) is 20.0. The van der Waals surface area contributed by atoms with Crippen molar-refractivity contribution in [2.75, 3.05) is 33.8 Å². The molecule has 1 amide bonds. The van der Waals surface area contributed by atoms with Crippen molar-refractivity contribution in [1.82, 2.24) is 9.80 Å². The van der Waals surface area contributed by atoms with Crippen molar-refractivity contribution in [2.24, 2.45) is 5.92 Å². The van der Waals surface area contributed by atoms with Crippen LogP contribution in [0.3, 0.4) is 0 Å². The second kappa shape index (κ2) is 8.19. The summed E-state index contributed by atoms with van der Waals surface area (Å²) >= 11 is 0. The SMILES string of the molecule is CCOc1cccc(C2C3=C(OC4CCCCC4C3=O)C(=O)N2CCN(C)C)c1. The molecule has 2 heterocycles. The third kappa shape index (κ3) is 3.66. The molecule has 3 atom stereocenters. The van der Waals surface area contributed by atoms with Crippen LogP contribution in [-0.4, -0.2) is 61.4 Å². The Morgan fingerprint density at radius 2 is 2.00 bits per heavy atom. The number of rotatable bonds is 6. The molecule has 0 N–H and O–H groups in total. The Kier molecular flexibility index (Phi) is 5.63. The molecule has 0 saturated heterocycles. The monoisotopic (exact) mass is 398 g/mol. The lowest BCUT2D eigenvalue weighted by molar-refractivity contribution is -0.135. The maximum Gasteiger partial charge on any atom is 0.290 e. The summed E-state index contributed by atoms with van der Waals surface area (Å²) in [6.45, 7) is 3.76. The van der Waals surface area contributed by atoms with E-state index >= 15 is 0 Å². The number of likely N-dealkylation sites (N-methyl/N-ethyl adjacent to an activating group) is 1. The van der Waals surface area contributed by atoms with Crippen LogP contribution in [0.25, 0.3) is 0 Å². The number of hydrogen-bond acceptors (Lipinski definition) is 5. The number of ketones is 1. The topological polar surface area (TPSA) is 59.1 Å². The number of nitrogens with zero attached hydrogens (tertiary/aromatic N) is 2. The van der Waals surface area contributed by atoms with Crippen molar-refractivity contribution in [1.29, 1.82) is 0 Å². The van der Waals surface area contributed by atoms with Gasteiger partial charge in [0.2, 0.25) is 0 Å². The van der Waals surface area contributed by atoms with E-state index in [9.17, 15) is 9.59 Å². The van der Waals surface area contributed by atoms with E-state index in [0.29, 0.717) is 18.7 Å². The largest absolute Gasteiger partial charge is 0.494 e. The van der Waals surface area contributed by atoms with Crippen molar-refractivity contribution in [3.05, 3.63) is 41.2 Å². The lowest BCUT2D eigenvalue weighted by atomic mass is 9.77. The molecule has 1 fully saturated rings. The second-order valence-corrected chi connectivity index (χ2v) is 8.36. The standard InChI is InChI=1S/C23H30N2O4/c1-4-28-16-9-7-8-15(14-16)20-19-21(26)17-10-5-6-11-18(17)29-22(19)23(27)25(20)13-12-24(2)3/h7-9,14,17-18,20H,4-6,10-13H2,1-3H3. The molecular weight excluding hydrogens is 368 g/mol. The van der Waals surface area contributed by atoms with Gasteiger partial charge in [0.1, 0.15) is 11.9 Å². The number of Topliss-reactive ketones (excluding diaryl/α,β-unsaturated/α-hetero) is 1. The van der Waals surface area contributed by atoms with E-state index in [-0.39, 0.29) is 29.5 Å². The van der Waals surface area contributed by atoms with Crippen LogP contribution in [0, 0.1) is 5.92 Å². The maximum atomic E-state index is 13.5. The summed E-state index contributed by atoms with van der Waals surface area (Å²) in [7, 11) is 3.96. The molecule has 6 heteroatoms. The highest BCUT2D eigenvalue weighted by Crippen LogP contribution is 2.46. The van der Waals surface area contributed by atoms with Gasteiger partial charge in [-0.1, -0.05) is 18.6 Å². The molecular formula is C23H30N2O4. The Morgan fingerprint density at radius 1 is 1.21 bits per heavy atom. The molecule has 1 saturated carbocycles. The molecule has 29 heavy (non-hydrogen) atoms. The zero-order valence-corrected chi connectivity index (χ0v) is 17.5. The third-order valence-electron chi connectivity index (χ3n) is 6.13. The lowest BCUT2D eigenvalue weighted by Crippen LogP contribution is -2.39. The molecule has 6 nitrogen and oxygen atoms in total. The summed E-state index contributed by atoms with van der Waals surface area (Å²) in [6.07, 6.45) is 3.64. The number of fused-ring (bicyclic) bond motifs is 1. The van der Waals surface area contributed by atoms with Crippen LogP contribution in [0.2, 0.25) is 0 Å². The fraction of sp³-hybridized carbons (Fsp3) is 0.565. The summed E-state index contributed by atoms with van der Waals surface area (Å²) in [6, 6.07) is 7.33. The Balaban J connectivity index is 1.75. The van der Waals surface area contributed by atoms with Crippen molar-refractivity contribution in [3.63, 3.8) is 0 Å². The number of benzene rings is 1. The molecule has 3 aliphatic rings. The van der Waals surface area contributed by atoms with Gasteiger partial charge in [0.15, 0.2) is 11.5 Å². The summed E-state index contributed by atoms with van der Waals surface area (Å²) < 4.78 is 11.9. The van der Waals surface area contributed by atoms with Gasteiger partial charge in [-0.25, -0.2) is 0 Å². The van der Waals surface area contributed by atoms with E-state index in [4.69, 9.17) is 9.47 Å². The minimum atomic E-state index is -0.409. The van der Waals surface area contributed by atoms with E-state index in [2.05, 4.69) is 0 Å². The quantitative estimate of drug-likeness (QED) is 0.737. The number of amides is 1. The zero-order chi connectivity index (χ0) is 20.5. The van der Waals surface area contributed by atoms with E-state index in [1.165, 1.54) is 0 Å². The van der Waals surface area contributed by atoms with Crippen molar-refractivity contribution >= 4 is 11.7 Å². The summed E-state index contributed by atoms with van der Waals surface area (Å²) in [5.74, 6) is 0.846. The molecule has 0 aromatic heterocycles. The van der Waals surface area contributed by atoms with Crippen LogP contribution in [0.1, 0.15) is 44.2 Å². The normalized spacial score (nSPS) is 26.5. The van der Waals surface area contributed by atoms with E-state index in [1.807, 2.05) is 50.2 Å². The lowest BCUT2D eigenvalue weighted by Gasteiger charge is -2.35. The second-order valence-electron chi connectivity index (χ2n) is 8.36. The molecule has 1 aromatic carbocycles. The number of carbonyl (C=O) groups is 2. The molecule has 3 unspecified atom stereocenters. The highest BCUT2D eigenvalue weighted by atomic mass is 16.5. The van der Waals surface area contributed by atoms with Crippen molar-refractivity contribution in [3.8, 4) is 5.75 Å². The first-order chi connectivity index (χ1) is 14.0. The molecule has 156 valence electrons. The van der Waals surface area contributed by atoms with Crippen molar-refractivity contribution < 1.29 is 19.1 Å². The Morgan fingerprint density at radius 3 is 2.76 bits per heavy atom. The van der Waals surface area contributed by atoms with Gasteiger partial charge in [-0.3, -0.25) is 9.59 Å². The maximum absolute atomic E-state index is 13.5. The fourth-order valence-corrected chi connectivity index (χ4v) is 4.72. The summed E-state index contributed by atoms with van der Waals surface area (Å²) in [4.78, 5) is 30.7. The molecule has 1 aliphatic carbocycles. The Labute approximate surface area is 172 Å². The molecule has 0 spiro atoms. The molecule has 4 rings (SSSR count). The average molecular weight is 399 g/mol. The highest BCUT2D eigenvalue weighted by molar-refractivity contribution is 6.11. The zero-order valence-electron chi connectivity index (χ0n) is 17.5. The van der Waals surface area contributed by atoms with E-state index in [0.717, 1.165) is 43.5 Å². The summed E-state index contributed by atoms with van der Waals surface area (Å²) in [5.41, 5.74) is 1.45. The van der Waals surface area contributed by atoms with Crippen LogP contribution >= 0.6 is 0 Å². The summed E-state index contributed by atoms with van der Waals surface area (Å²) in [5, 5.41) is 0. The Hall–Kier alpha value is -2.34. The number of ether oxygens (including phenoxy) is 2. The van der Waals surface area contributed by atoms with Gasteiger partial charge >= 0.3 is 0 Å². The van der Waals surface area contributed by atoms with Gasteiger partial charge in [0, 0.05) is 13.1 Å². The van der Waals surface area contributed by atoms with Gasteiger partial charge in [0.25, 0.3) is 5.91 Å². The van der Waals surface area contributed by atoms with Gasteiger partial charge < -0.3 is 19.3 Å².